The molecule has 101 heavy (non-hydrogen) atoms. The number of imide groups is 1. The van der Waals surface area contributed by atoms with Gasteiger partial charge in [-0.05, 0) is 134 Å². The van der Waals surface area contributed by atoms with Crippen LogP contribution in [0.2, 0.25) is 0 Å². The standard InChI is InChI=1S/C65H82ClN3O27S5/c1-64(21-7-39-97(73,74)75)56(68(24-26-91-32-34-95-38-36-93-30-28-89-4)53-16-14-48-50(61(53)64)40-46(98(76,77)78)42-54(48)100(82,83)84)17-11-44-8-5-9-45(63(44)66)12-18-57-65(2,22-25-90-31-33-94-37-35-92-29-27-88-3)62-51-41-47(99(79,80)81)43-55(101(85,86)87)49(51)13-15-52(62)67(57)23-6-10-60(72)96-69-58(70)19-20-59(69)71/h11-18,40-43H,5-10,19-39H2,1-4H3,(H4-,73,74,75,76,77,78,79,80,81,82,83,84,85,86,87)/p-4. The summed E-state index contributed by atoms with van der Waals surface area (Å²) in [6.07, 6.45) is 6.82. The van der Waals surface area contributed by atoms with Gasteiger partial charge in [-0.1, -0.05) is 29.8 Å². The fourth-order valence-electron chi connectivity index (χ4n) is 12.8. The van der Waals surface area contributed by atoms with Gasteiger partial charge in [0, 0.05) is 97.3 Å². The van der Waals surface area contributed by atoms with Gasteiger partial charge in [0.15, 0.2) is 12.3 Å². The van der Waals surface area contributed by atoms with Crippen molar-refractivity contribution in [2.45, 2.75) is 108 Å². The number of methoxy groups -OCH3 is 2. The second-order valence-corrected chi connectivity index (χ2v) is 31.7. The summed E-state index contributed by atoms with van der Waals surface area (Å²) < 4.78 is 237. The van der Waals surface area contributed by atoms with Crippen molar-refractivity contribution in [3.8, 4) is 0 Å². The predicted octanol–water partition coefficient (Wildman–Crippen LogP) is 5.28. The molecule has 0 aromatic heterocycles. The van der Waals surface area contributed by atoms with Crippen LogP contribution in [-0.2, 0) is 119 Å². The Bertz CT molecular complexity index is 4520. The van der Waals surface area contributed by atoms with Crippen molar-refractivity contribution in [1.29, 1.82) is 0 Å². The molecule has 1 aliphatic carbocycles. The van der Waals surface area contributed by atoms with E-state index < -0.39 is 105 Å². The summed E-state index contributed by atoms with van der Waals surface area (Å²) in [5.41, 5.74) is 0.0841. The minimum Gasteiger partial charge on any atom is -0.748 e. The lowest BCUT2D eigenvalue weighted by atomic mass is 9.74. The van der Waals surface area contributed by atoms with Crippen LogP contribution >= 0.6 is 11.6 Å². The average Bonchev–Trinajstić information content (AvgIpc) is 1.60. The summed E-state index contributed by atoms with van der Waals surface area (Å²) in [6.45, 7) is 6.27. The number of carbonyl (C=O) groups excluding carboxylic acids is 3. The van der Waals surface area contributed by atoms with Gasteiger partial charge < -0.3 is 70.4 Å². The maximum Gasteiger partial charge on any atom is 0.333 e. The third-order valence-electron chi connectivity index (χ3n) is 17.5. The molecular weight excluding hydrogens is 1450 g/mol. The lowest BCUT2D eigenvalue weighted by molar-refractivity contribution is -0.442. The number of hydrogen-bond donors (Lipinski definition) is 0. The molecule has 30 nitrogen and oxygen atoms in total. The maximum absolute atomic E-state index is 13.3. The lowest BCUT2D eigenvalue weighted by Gasteiger charge is -2.31. The monoisotopic (exact) mass is 1530 g/mol. The average molecular weight is 1530 g/mol. The molecule has 4 aromatic rings. The Balaban J connectivity index is 1.25. The van der Waals surface area contributed by atoms with E-state index in [0.717, 1.165) is 12.1 Å². The summed E-state index contributed by atoms with van der Waals surface area (Å²) in [7, 11) is -23.6. The number of nitrogens with zero attached hydrogens (tertiary/aromatic N) is 3. The molecule has 4 aromatic carbocycles. The highest BCUT2D eigenvalue weighted by molar-refractivity contribution is 7.87. The van der Waals surface area contributed by atoms with Crippen LogP contribution in [-0.4, -0.2) is 224 Å². The molecule has 556 valence electrons. The third-order valence-corrected chi connectivity index (χ3v) is 22.2. The molecule has 2 atom stereocenters. The van der Waals surface area contributed by atoms with Crippen LogP contribution in [0, 0.1) is 0 Å². The largest absolute Gasteiger partial charge is 0.748 e. The van der Waals surface area contributed by atoms with Crippen LogP contribution in [0.15, 0.2) is 114 Å². The number of halogens is 1. The molecule has 8 rings (SSSR count). The summed E-state index contributed by atoms with van der Waals surface area (Å²) in [6, 6.07) is 8.47. The minimum absolute atomic E-state index is 0.0156. The first kappa shape index (κ1) is 80.6. The van der Waals surface area contributed by atoms with E-state index in [1.54, 1.807) is 54.7 Å². The Morgan fingerprint density at radius 1 is 0.564 bits per heavy atom. The third kappa shape index (κ3) is 20.3. The number of carbonyl (C=O) groups is 3. The molecule has 0 spiro atoms. The number of hydrogen-bond acceptors (Lipinski definition) is 28. The quantitative estimate of drug-likeness (QED) is 0.0236. The van der Waals surface area contributed by atoms with Gasteiger partial charge in [0.2, 0.25) is 5.69 Å². The highest BCUT2D eigenvalue weighted by atomic mass is 35.5. The van der Waals surface area contributed by atoms with Crippen molar-refractivity contribution in [1.82, 2.24) is 5.06 Å². The van der Waals surface area contributed by atoms with Gasteiger partial charge in [-0.2, -0.15) is 4.58 Å². The van der Waals surface area contributed by atoms with E-state index >= 15 is 0 Å². The fraction of sp³-hybridized carbons (Fsp3) is 0.508. The molecule has 36 heteroatoms. The first-order valence-electron chi connectivity index (χ1n) is 32.1. The molecule has 3 heterocycles. The van der Waals surface area contributed by atoms with E-state index in [4.69, 9.17) is 54.3 Å². The Hall–Kier alpha value is -6.04. The molecule has 2 amide bonds. The zero-order valence-corrected chi connectivity index (χ0v) is 60.6. The normalized spacial score (nSPS) is 19.4. The van der Waals surface area contributed by atoms with Crippen LogP contribution in [0.3, 0.4) is 0 Å². The summed E-state index contributed by atoms with van der Waals surface area (Å²) in [5, 5.41) is -0.0780. The van der Waals surface area contributed by atoms with E-state index in [2.05, 4.69) is 0 Å². The van der Waals surface area contributed by atoms with E-state index in [9.17, 15) is 79.2 Å². The smallest absolute Gasteiger partial charge is 0.333 e. The summed E-state index contributed by atoms with van der Waals surface area (Å²) in [4.78, 5) is 41.0. The van der Waals surface area contributed by atoms with Gasteiger partial charge in [-0.3, -0.25) is 9.59 Å². The molecule has 0 radical (unpaired) electrons. The van der Waals surface area contributed by atoms with Gasteiger partial charge in [-0.25, -0.2) is 46.9 Å². The lowest BCUT2D eigenvalue weighted by Crippen LogP contribution is -2.33. The molecule has 0 N–H and O–H groups in total. The van der Waals surface area contributed by atoms with Crippen molar-refractivity contribution in [3.63, 3.8) is 0 Å². The Morgan fingerprint density at radius 3 is 1.58 bits per heavy atom. The van der Waals surface area contributed by atoms with Gasteiger partial charge >= 0.3 is 5.97 Å². The minimum atomic E-state index is -5.48. The van der Waals surface area contributed by atoms with E-state index in [1.165, 1.54) is 31.4 Å². The molecule has 0 bridgehead atoms. The first-order chi connectivity index (χ1) is 47.6. The summed E-state index contributed by atoms with van der Waals surface area (Å²) in [5.74, 6) is -3.21. The van der Waals surface area contributed by atoms with Crippen LogP contribution in [0.1, 0.15) is 89.2 Å². The Kier molecular flexibility index (Phi) is 27.7. The molecular formula is C65H78ClN3O27S5-4. The highest BCUT2D eigenvalue weighted by Gasteiger charge is 2.50. The zero-order chi connectivity index (χ0) is 73.7. The van der Waals surface area contributed by atoms with Gasteiger partial charge in [-0.15, -0.1) is 5.06 Å². The second-order valence-electron chi connectivity index (χ2n) is 24.3. The fourth-order valence-corrected chi connectivity index (χ4v) is 16.3. The van der Waals surface area contributed by atoms with Crippen molar-refractivity contribution in [3.05, 3.63) is 106 Å². The SMILES string of the molecule is COCCOCCOCCOCC[N+]1=C(/C=C/C2=C(Cl)C(=C/C=C3/N(CCCC(=O)ON4C(=O)CCC4=O)c4ccc5c(S(=O)(=O)[O-])cc(S(=O)(=O)[O-])cc5c4C3(C)CCOCCOCCOCCOC)/CCC2)C(C)(CCCS(=O)(=O)[O-])c2c1ccc1c(S(=O)(=O)[O-])cc(S(=O)(=O)[O-])cc21. The van der Waals surface area contributed by atoms with Crippen LogP contribution in [0.5, 0.6) is 0 Å². The molecule has 3 aliphatic heterocycles. The van der Waals surface area contributed by atoms with E-state index in [0.29, 0.717) is 96.8 Å². The van der Waals surface area contributed by atoms with Gasteiger partial charge in [0.05, 0.1) is 114 Å². The van der Waals surface area contributed by atoms with E-state index in [-0.39, 0.29) is 162 Å². The van der Waals surface area contributed by atoms with Crippen LogP contribution in [0.25, 0.3) is 21.5 Å². The van der Waals surface area contributed by atoms with Crippen molar-refractivity contribution >= 4 is 119 Å². The van der Waals surface area contributed by atoms with Crippen LogP contribution in [0.4, 0.5) is 11.4 Å². The van der Waals surface area contributed by atoms with Crippen molar-refractivity contribution in [2.75, 3.05) is 130 Å². The number of ether oxygens (including phenoxy) is 8. The number of benzene rings is 4. The topological polar surface area (TPSA) is 430 Å². The zero-order valence-electron chi connectivity index (χ0n) is 55.8. The first-order valence-corrected chi connectivity index (χ1v) is 39.6. The number of allylic oxidation sites excluding steroid dienone is 8. The summed E-state index contributed by atoms with van der Waals surface area (Å²) >= 11 is 7.48. The molecule has 1 saturated heterocycles. The number of amides is 2. The van der Waals surface area contributed by atoms with Crippen molar-refractivity contribution in [2.24, 2.45) is 0 Å². The molecule has 4 aliphatic rings. The number of fused-ring (bicyclic) bond motifs is 6. The molecule has 0 saturated carbocycles. The van der Waals surface area contributed by atoms with E-state index in [1.807, 2.05) is 0 Å². The predicted molar refractivity (Wildman–Crippen MR) is 357 cm³/mol. The number of rotatable bonds is 40. The molecule has 1 fully saturated rings. The number of hydroxylamine groups is 2. The second kappa shape index (κ2) is 34.7. The van der Waals surface area contributed by atoms with Gasteiger partial charge in [0.1, 0.15) is 47.1 Å². The maximum atomic E-state index is 13.3. The number of anilines is 1. The van der Waals surface area contributed by atoms with Crippen LogP contribution < -0.4 is 4.90 Å². The van der Waals surface area contributed by atoms with Crippen molar-refractivity contribution < 1.29 is 127 Å². The Labute approximate surface area is 591 Å². The van der Waals surface area contributed by atoms with Gasteiger partial charge in [0.25, 0.3) is 11.8 Å². The molecule has 2 unspecified atom stereocenters. The Morgan fingerprint density at radius 2 is 1.07 bits per heavy atom. The highest BCUT2D eigenvalue weighted by Crippen LogP contribution is 2.55.